The van der Waals surface area contributed by atoms with Gasteiger partial charge in [0.05, 0.1) is 6.33 Å². The van der Waals surface area contributed by atoms with Gasteiger partial charge < -0.3 is 25.5 Å². The largest absolute Gasteiger partial charge is 0.480 e. The Morgan fingerprint density at radius 2 is 1.71 bits per heavy atom. The normalized spacial score (nSPS) is 13.9. The fourth-order valence-electron chi connectivity index (χ4n) is 4.34. The molecule has 2 atom stereocenters. The highest BCUT2D eigenvalue weighted by atomic mass is 16.5. The van der Waals surface area contributed by atoms with Gasteiger partial charge >= 0.3 is 12.1 Å². The quantitative estimate of drug-likeness (QED) is 0.355. The molecule has 1 aliphatic rings. The molecular formula is C26H28N4O5. The summed E-state index contributed by atoms with van der Waals surface area (Å²) in [6, 6.07) is 14.8. The van der Waals surface area contributed by atoms with Crippen molar-refractivity contribution in [2.24, 2.45) is 0 Å². The molecule has 2 amide bonds. The zero-order valence-electron chi connectivity index (χ0n) is 19.4. The molecule has 0 bridgehead atoms. The van der Waals surface area contributed by atoms with E-state index >= 15 is 0 Å². The summed E-state index contributed by atoms with van der Waals surface area (Å²) in [5, 5.41) is 14.6. The van der Waals surface area contributed by atoms with E-state index in [1.54, 1.807) is 6.92 Å². The fourth-order valence-corrected chi connectivity index (χ4v) is 4.34. The molecule has 0 spiro atoms. The first-order chi connectivity index (χ1) is 16.9. The van der Waals surface area contributed by atoms with E-state index in [9.17, 15) is 19.5 Å². The van der Waals surface area contributed by atoms with Crippen LogP contribution in [0.5, 0.6) is 0 Å². The Morgan fingerprint density at radius 1 is 1.06 bits per heavy atom. The fraction of sp³-hybridized carbons (Fsp3) is 0.308. The number of H-pyrrole nitrogens is 1. The van der Waals surface area contributed by atoms with Gasteiger partial charge in [0.25, 0.3) is 0 Å². The van der Waals surface area contributed by atoms with Crippen molar-refractivity contribution in [3.63, 3.8) is 0 Å². The van der Waals surface area contributed by atoms with E-state index in [0.29, 0.717) is 12.1 Å². The number of ether oxygens (including phenoxy) is 1. The molecule has 0 aliphatic heterocycles. The summed E-state index contributed by atoms with van der Waals surface area (Å²) < 4.78 is 5.53. The van der Waals surface area contributed by atoms with Crippen molar-refractivity contribution in [2.75, 3.05) is 6.61 Å². The van der Waals surface area contributed by atoms with Crippen LogP contribution in [0.15, 0.2) is 61.1 Å². The van der Waals surface area contributed by atoms with Gasteiger partial charge in [-0.3, -0.25) is 4.79 Å². The van der Waals surface area contributed by atoms with Crippen LogP contribution in [0.1, 0.15) is 42.5 Å². The van der Waals surface area contributed by atoms with Crippen LogP contribution in [0.3, 0.4) is 0 Å². The molecule has 4 rings (SSSR count). The highest BCUT2D eigenvalue weighted by molar-refractivity contribution is 5.83. The molecule has 182 valence electrons. The number of nitrogens with one attached hydrogen (secondary N) is 3. The number of aromatic nitrogens is 2. The van der Waals surface area contributed by atoms with Crippen molar-refractivity contribution in [2.45, 2.75) is 44.2 Å². The minimum Gasteiger partial charge on any atom is -0.480 e. The molecule has 0 saturated carbocycles. The Hall–Kier alpha value is -4.14. The molecule has 2 aromatic carbocycles. The van der Waals surface area contributed by atoms with Crippen molar-refractivity contribution in [3.05, 3.63) is 77.9 Å². The highest BCUT2D eigenvalue weighted by Gasteiger charge is 2.29. The number of carbonyl (C=O) groups is 3. The summed E-state index contributed by atoms with van der Waals surface area (Å²) in [5.74, 6) is -1.56. The SMILES string of the molecule is CC(CCC(=O)N[C@@H](Cc1cnc[nH]1)C(=O)O)NC(=O)OCC1c2ccccc2-c2ccccc21. The summed E-state index contributed by atoms with van der Waals surface area (Å²) in [6.45, 7) is 1.98. The van der Waals surface area contributed by atoms with Crippen molar-refractivity contribution in [1.82, 2.24) is 20.6 Å². The molecule has 1 aliphatic carbocycles. The molecule has 35 heavy (non-hydrogen) atoms. The number of aromatic amines is 1. The van der Waals surface area contributed by atoms with E-state index in [1.165, 1.54) is 12.5 Å². The molecule has 0 saturated heterocycles. The van der Waals surface area contributed by atoms with E-state index in [4.69, 9.17) is 4.74 Å². The lowest BCUT2D eigenvalue weighted by Crippen LogP contribution is -2.43. The lowest BCUT2D eigenvalue weighted by molar-refractivity contribution is -0.141. The standard InChI is InChI=1S/C26H28N4O5/c1-16(10-11-24(31)30-23(25(32)33)12-17-13-27-15-28-17)29-26(34)35-14-22-20-8-4-2-6-18(20)19-7-3-5-9-21(19)22/h2-9,13,15-16,22-23H,10-12,14H2,1H3,(H,27,28)(H,29,34)(H,30,31)(H,32,33)/t16?,23-/m0/s1. The van der Waals surface area contributed by atoms with Crippen LogP contribution in [0.2, 0.25) is 0 Å². The Kier molecular flexibility index (Phi) is 7.45. The minimum absolute atomic E-state index is 0.0305. The molecule has 1 heterocycles. The third kappa shape index (κ3) is 5.87. The second kappa shape index (κ2) is 10.9. The van der Waals surface area contributed by atoms with Gasteiger partial charge in [-0.1, -0.05) is 48.5 Å². The van der Waals surface area contributed by atoms with Crippen molar-refractivity contribution in [1.29, 1.82) is 0 Å². The van der Waals surface area contributed by atoms with Crippen LogP contribution in [0, 0.1) is 0 Å². The number of hydrogen-bond donors (Lipinski definition) is 4. The Labute approximate surface area is 202 Å². The Morgan fingerprint density at radius 3 is 2.31 bits per heavy atom. The zero-order valence-corrected chi connectivity index (χ0v) is 19.4. The number of aliphatic carboxylic acids is 1. The predicted molar refractivity (Wildman–Crippen MR) is 129 cm³/mol. The van der Waals surface area contributed by atoms with Crippen molar-refractivity contribution in [3.8, 4) is 11.1 Å². The lowest BCUT2D eigenvalue weighted by atomic mass is 9.98. The van der Waals surface area contributed by atoms with E-state index in [2.05, 4.69) is 44.9 Å². The highest BCUT2D eigenvalue weighted by Crippen LogP contribution is 2.44. The maximum absolute atomic E-state index is 12.4. The third-order valence-electron chi connectivity index (χ3n) is 6.12. The molecular weight excluding hydrogens is 448 g/mol. The predicted octanol–water partition coefficient (Wildman–Crippen LogP) is 3.23. The summed E-state index contributed by atoms with van der Waals surface area (Å²) >= 11 is 0. The first-order valence-corrected chi connectivity index (χ1v) is 11.5. The van der Waals surface area contributed by atoms with Crippen molar-refractivity contribution >= 4 is 18.0 Å². The number of carboxylic acids is 1. The maximum atomic E-state index is 12.4. The molecule has 9 nitrogen and oxygen atoms in total. The van der Waals surface area contributed by atoms with Gasteiger partial charge in [-0.2, -0.15) is 0 Å². The second-order valence-corrected chi connectivity index (χ2v) is 8.65. The van der Waals surface area contributed by atoms with Crippen LogP contribution >= 0.6 is 0 Å². The molecule has 1 unspecified atom stereocenters. The van der Waals surface area contributed by atoms with Crippen LogP contribution in [0.25, 0.3) is 11.1 Å². The first kappa shape index (κ1) is 24.0. The number of carbonyl (C=O) groups excluding carboxylic acids is 2. The maximum Gasteiger partial charge on any atom is 0.407 e. The van der Waals surface area contributed by atoms with E-state index in [1.807, 2.05) is 24.3 Å². The van der Waals surface area contributed by atoms with E-state index < -0.39 is 24.0 Å². The number of benzene rings is 2. The molecule has 0 radical (unpaired) electrons. The Bertz CT molecular complexity index is 1150. The van der Waals surface area contributed by atoms with Gasteiger partial charge in [-0.15, -0.1) is 0 Å². The average molecular weight is 477 g/mol. The zero-order chi connectivity index (χ0) is 24.8. The molecule has 3 aromatic rings. The number of hydrogen-bond acceptors (Lipinski definition) is 5. The van der Waals surface area contributed by atoms with E-state index in [-0.39, 0.29) is 31.4 Å². The summed E-state index contributed by atoms with van der Waals surface area (Å²) in [4.78, 5) is 42.8. The third-order valence-corrected chi connectivity index (χ3v) is 6.12. The number of alkyl carbamates (subject to hydrolysis) is 1. The summed E-state index contributed by atoms with van der Waals surface area (Å²) in [7, 11) is 0. The molecule has 4 N–H and O–H groups in total. The van der Waals surface area contributed by atoms with Gasteiger partial charge in [0.1, 0.15) is 12.6 Å². The lowest BCUT2D eigenvalue weighted by Gasteiger charge is -2.18. The average Bonchev–Trinajstić information content (AvgIpc) is 3.47. The number of carboxylic acid groups (broad SMARTS) is 1. The first-order valence-electron chi connectivity index (χ1n) is 11.5. The van der Waals surface area contributed by atoms with Gasteiger partial charge in [0.2, 0.25) is 5.91 Å². The number of imidazole rings is 1. The van der Waals surface area contributed by atoms with Gasteiger partial charge in [-0.25, -0.2) is 14.6 Å². The number of nitrogens with zero attached hydrogens (tertiary/aromatic N) is 1. The summed E-state index contributed by atoms with van der Waals surface area (Å²) in [5.41, 5.74) is 5.19. The number of fused-ring (bicyclic) bond motifs is 3. The number of amides is 2. The Balaban J connectivity index is 1.23. The van der Waals surface area contributed by atoms with Crippen LogP contribution in [-0.4, -0.2) is 51.7 Å². The number of rotatable bonds is 10. The van der Waals surface area contributed by atoms with Crippen LogP contribution in [-0.2, 0) is 20.7 Å². The second-order valence-electron chi connectivity index (χ2n) is 8.65. The summed E-state index contributed by atoms with van der Waals surface area (Å²) in [6.07, 6.45) is 2.93. The molecule has 1 aromatic heterocycles. The van der Waals surface area contributed by atoms with Gasteiger partial charge in [-0.05, 0) is 35.6 Å². The van der Waals surface area contributed by atoms with Crippen LogP contribution < -0.4 is 10.6 Å². The van der Waals surface area contributed by atoms with Gasteiger partial charge in [0.15, 0.2) is 0 Å². The minimum atomic E-state index is -1.13. The smallest absolute Gasteiger partial charge is 0.407 e. The topological polar surface area (TPSA) is 133 Å². The molecule has 9 heteroatoms. The molecule has 0 fully saturated rings. The van der Waals surface area contributed by atoms with Crippen molar-refractivity contribution < 1.29 is 24.2 Å². The monoisotopic (exact) mass is 476 g/mol. The van der Waals surface area contributed by atoms with E-state index in [0.717, 1.165) is 22.3 Å². The van der Waals surface area contributed by atoms with Crippen LogP contribution in [0.4, 0.5) is 4.79 Å². The van der Waals surface area contributed by atoms with Gasteiger partial charge in [0, 0.05) is 36.7 Å².